The molecule has 0 atom stereocenters. The number of hydrogen-bond acceptors (Lipinski definition) is 3. The molecule has 0 aromatic heterocycles. The van der Waals surface area contributed by atoms with Crippen LogP contribution in [0.1, 0.15) is 42.4 Å². The molecular weight excluding hydrogens is 408 g/mol. The molecular formula is C21H18F4O3S. The second-order valence-corrected chi connectivity index (χ2v) is 9.25. The molecule has 29 heavy (non-hydrogen) atoms. The summed E-state index contributed by atoms with van der Waals surface area (Å²) in [5.74, 6) is -0.760. The van der Waals surface area contributed by atoms with Crippen LogP contribution in [0.4, 0.5) is 17.6 Å². The van der Waals surface area contributed by atoms with Gasteiger partial charge in [-0.1, -0.05) is 18.7 Å². The van der Waals surface area contributed by atoms with Crippen molar-refractivity contribution in [3.05, 3.63) is 71.6 Å². The molecule has 0 spiro atoms. The first-order valence-corrected chi connectivity index (χ1v) is 10.4. The normalized spacial score (nSPS) is 17.2. The monoisotopic (exact) mass is 426 g/mol. The van der Waals surface area contributed by atoms with Crippen molar-refractivity contribution >= 4 is 21.7 Å². The van der Waals surface area contributed by atoms with E-state index >= 15 is 0 Å². The van der Waals surface area contributed by atoms with E-state index in [0.717, 1.165) is 18.2 Å². The molecule has 1 saturated carbocycles. The molecule has 154 valence electrons. The highest BCUT2D eigenvalue weighted by atomic mass is 32.2. The number of carbonyl (C=O) groups is 1. The van der Waals surface area contributed by atoms with Crippen molar-refractivity contribution in [3.8, 4) is 0 Å². The molecule has 3 rings (SSSR count). The van der Waals surface area contributed by atoms with Crippen molar-refractivity contribution in [1.29, 1.82) is 0 Å². The molecule has 1 fully saturated rings. The fraction of sp³-hybridized carbons (Fsp3) is 0.286. The van der Waals surface area contributed by atoms with E-state index in [9.17, 15) is 30.8 Å². The average Bonchev–Trinajstić information content (AvgIpc) is 2.68. The topological polar surface area (TPSA) is 51.2 Å². The molecule has 0 unspecified atom stereocenters. The van der Waals surface area contributed by atoms with Gasteiger partial charge in [-0.15, -0.1) is 0 Å². The van der Waals surface area contributed by atoms with Crippen LogP contribution in [-0.2, 0) is 25.6 Å². The van der Waals surface area contributed by atoms with Gasteiger partial charge in [-0.2, -0.15) is 13.2 Å². The lowest BCUT2D eigenvalue weighted by Gasteiger charge is -2.37. The second kappa shape index (κ2) is 7.40. The maximum Gasteiger partial charge on any atom is 0.416 e. The Labute approximate surface area is 166 Å². The van der Waals surface area contributed by atoms with Crippen molar-refractivity contribution < 1.29 is 30.8 Å². The summed E-state index contributed by atoms with van der Waals surface area (Å²) in [5, 5.41) is 0. The number of carbonyl (C=O) groups excluding carboxylic acids is 1. The zero-order valence-corrected chi connectivity index (χ0v) is 16.1. The van der Waals surface area contributed by atoms with Crippen LogP contribution in [0.3, 0.4) is 0 Å². The minimum absolute atomic E-state index is 0.0209. The number of benzene rings is 2. The molecule has 2 aromatic rings. The first-order chi connectivity index (χ1) is 13.5. The molecule has 0 radical (unpaired) electrons. The lowest BCUT2D eigenvalue weighted by atomic mass is 9.80. The number of hydrogen-bond donors (Lipinski definition) is 0. The lowest BCUT2D eigenvalue weighted by Crippen LogP contribution is -2.40. The summed E-state index contributed by atoms with van der Waals surface area (Å²) in [6, 6.07) is 6.90. The molecule has 1 aliphatic rings. The smallest absolute Gasteiger partial charge is 0.300 e. The van der Waals surface area contributed by atoms with Crippen LogP contribution >= 0.6 is 0 Å². The number of ketones is 1. The predicted molar refractivity (Wildman–Crippen MR) is 100 cm³/mol. The molecule has 1 aliphatic carbocycles. The van der Waals surface area contributed by atoms with Crippen molar-refractivity contribution in [2.45, 2.75) is 41.5 Å². The average molecular weight is 426 g/mol. The van der Waals surface area contributed by atoms with Crippen LogP contribution in [0.25, 0.3) is 6.08 Å². The largest absolute Gasteiger partial charge is 0.416 e. The van der Waals surface area contributed by atoms with E-state index in [1.807, 2.05) is 0 Å². The van der Waals surface area contributed by atoms with E-state index in [0.29, 0.717) is 17.7 Å². The van der Waals surface area contributed by atoms with Crippen LogP contribution in [0.2, 0.25) is 0 Å². The third-order valence-electron chi connectivity index (χ3n) is 5.35. The quantitative estimate of drug-likeness (QED) is 0.624. The van der Waals surface area contributed by atoms with E-state index in [1.54, 1.807) is 0 Å². The summed E-state index contributed by atoms with van der Waals surface area (Å²) < 4.78 is 78.2. The van der Waals surface area contributed by atoms with Gasteiger partial charge in [0.05, 0.1) is 10.5 Å². The Morgan fingerprint density at radius 1 is 1.00 bits per heavy atom. The van der Waals surface area contributed by atoms with Gasteiger partial charge < -0.3 is 0 Å². The van der Waals surface area contributed by atoms with Gasteiger partial charge in [0.2, 0.25) is 0 Å². The summed E-state index contributed by atoms with van der Waals surface area (Å²) in [5.41, 5.74) is -0.405. The molecule has 8 heteroatoms. The SMILES string of the molecule is C=Cc1ccc(F)cc1C1(S(=O)(=O)c2ccc(C(F)(F)F)cc2)CCC(=O)CC1. The number of alkyl halides is 3. The van der Waals surface area contributed by atoms with E-state index < -0.39 is 32.1 Å². The molecule has 0 saturated heterocycles. The third kappa shape index (κ3) is 3.73. The lowest BCUT2D eigenvalue weighted by molar-refractivity contribution is -0.137. The van der Waals surface area contributed by atoms with Crippen molar-refractivity contribution in [2.24, 2.45) is 0 Å². The fourth-order valence-corrected chi connectivity index (χ4v) is 5.92. The van der Waals surface area contributed by atoms with Gasteiger partial charge in [0, 0.05) is 12.8 Å². The van der Waals surface area contributed by atoms with Crippen LogP contribution in [0.15, 0.2) is 53.9 Å². The number of rotatable bonds is 4. The first-order valence-electron chi connectivity index (χ1n) is 8.87. The summed E-state index contributed by atoms with van der Waals surface area (Å²) >= 11 is 0. The van der Waals surface area contributed by atoms with Crippen molar-refractivity contribution in [3.63, 3.8) is 0 Å². The van der Waals surface area contributed by atoms with E-state index in [2.05, 4.69) is 6.58 Å². The number of sulfone groups is 1. The highest BCUT2D eigenvalue weighted by Gasteiger charge is 2.49. The maximum absolute atomic E-state index is 14.0. The number of Topliss-reactive ketones (excluding diaryl/α,β-unsaturated/α-hetero) is 1. The van der Waals surface area contributed by atoms with Gasteiger partial charge in [-0.3, -0.25) is 4.79 Å². The van der Waals surface area contributed by atoms with Gasteiger partial charge >= 0.3 is 6.18 Å². The second-order valence-electron chi connectivity index (χ2n) is 6.99. The van der Waals surface area contributed by atoms with Crippen LogP contribution in [-0.4, -0.2) is 14.2 Å². The van der Waals surface area contributed by atoms with Crippen molar-refractivity contribution in [1.82, 2.24) is 0 Å². The standard InChI is InChI=1S/C21H18F4O3S/c1-2-14-3-6-16(22)13-19(14)20(11-9-17(26)10-12-20)29(27,28)18-7-4-15(5-8-18)21(23,24)25/h2-8,13H,1,9-12H2. The predicted octanol–water partition coefficient (Wildman–Crippen LogP) is 5.30. The summed E-state index contributed by atoms with van der Waals surface area (Å²) in [7, 11) is -4.25. The summed E-state index contributed by atoms with van der Waals surface area (Å²) in [6.07, 6.45) is -3.41. The summed E-state index contributed by atoms with van der Waals surface area (Å²) in [6.45, 7) is 3.65. The Balaban J connectivity index is 2.21. The minimum Gasteiger partial charge on any atom is -0.300 e. The van der Waals surface area contributed by atoms with E-state index in [1.165, 1.54) is 18.2 Å². The molecule has 0 heterocycles. The summed E-state index contributed by atoms with van der Waals surface area (Å²) in [4.78, 5) is 11.5. The van der Waals surface area contributed by atoms with Crippen LogP contribution in [0.5, 0.6) is 0 Å². The molecule has 0 bridgehead atoms. The van der Waals surface area contributed by atoms with Crippen molar-refractivity contribution in [2.75, 3.05) is 0 Å². The van der Waals surface area contributed by atoms with E-state index in [4.69, 9.17) is 0 Å². The third-order valence-corrected chi connectivity index (χ3v) is 7.90. The Morgan fingerprint density at radius 3 is 2.10 bits per heavy atom. The zero-order valence-electron chi connectivity index (χ0n) is 15.3. The van der Waals surface area contributed by atoms with Gasteiger partial charge in [-0.05, 0) is 60.4 Å². The van der Waals surface area contributed by atoms with Crippen LogP contribution < -0.4 is 0 Å². The minimum atomic E-state index is -4.60. The maximum atomic E-state index is 14.0. The van der Waals surface area contributed by atoms with Gasteiger partial charge in [0.25, 0.3) is 0 Å². The highest BCUT2D eigenvalue weighted by molar-refractivity contribution is 7.92. The Kier molecular flexibility index (Phi) is 5.42. The highest BCUT2D eigenvalue weighted by Crippen LogP contribution is 2.48. The fourth-order valence-electron chi connectivity index (χ4n) is 3.77. The number of halogens is 4. The molecule has 0 aliphatic heterocycles. The van der Waals surface area contributed by atoms with Gasteiger partial charge in [0.15, 0.2) is 9.84 Å². The molecule has 2 aromatic carbocycles. The Bertz CT molecular complexity index is 1040. The Hall–Kier alpha value is -2.48. The molecule has 3 nitrogen and oxygen atoms in total. The first kappa shape index (κ1) is 21.2. The molecule has 0 N–H and O–H groups in total. The zero-order chi connectivity index (χ0) is 21.4. The molecule has 0 amide bonds. The van der Waals surface area contributed by atoms with Crippen LogP contribution in [0, 0.1) is 5.82 Å². The Morgan fingerprint density at radius 2 is 1.59 bits per heavy atom. The van der Waals surface area contributed by atoms with Gasteiger partial charge in [0.1, 0.15) is 16.3 Å². The van der Waals surface area contributed by atoms with Gasteiger partial charge in [-0.25, -0.2) is 12.8 Å². The van der Waals surface area contributed by atoms with E-state index in [-0.39, 0.29) is 41.9 Å².